The predicted molar refractivity (Wildman–Crippen MR) is 259 cm³/mol. The standard InChI is InChI=1S/C58H38N2O/c1-4-16-39(17-5-1)46-22-12-14-26-55(46)60(45-31-35-51-50-24-13-15-27-56(50)61-57(51)38-45)44-30-34-49-53-32-28-40-36-43(59(41-18-6-2-7-19-41)42-20-8-3-9-21-42)29-33-47(40)58(53)52-25-11-10-23-48(52)54(49)37-44/h1-38H. The van der Waals surface area contributed by atoms with Crippen LogP contribution in [-0.2, 0) is 0 Å². The molecule has 3 heteroatoms. The maximum Gasteiger partial charge on any atom is 0.137 e. The predicted octanol–water partition coefficient (Wildman–Crippen LogP) is 16.8. The number of benzene rings is 11. The Hall–Kier alpha value is -8.14. The van der Waals surface area contributed by atoms with Crippen molar-refractivity contribution in [3.63, 3.8) is 0 Å². The van der Waals surface area contributed by atoms with Gasteiger partial charge in [-0.15, -0.1) is 0 Å². The molecule has 12 aromatic rings. The zero-order valence-electron chi connectivity index (χ0n) is 33.2. The Morgan fingerprint density at radius 3 is 1.54 bits per heavy atom. The van der Waals surface area contributed by atoms with E-state index in [1.54, 1.807) is 0 Å². The molecule has 286 valence electrons. The lowest BCUT2D eigenvalue weighted by Crippen LogP contribution is -2.11. The SMILES string of the molecule is c1ccc(-c2ccccc2N(c2ccc3c(c2)oc2ccccc23)c2ccc3c(c2)c2ccccc2c2c4ccc(N(c5ccccc5)c5ccccc5)cc4ccc32)cc1. The summed E-state index contributed by atoms with van der Waals surface area (Å²) in [5, 5.41) is 12.1. The number of hydrogen-bond donors (Lipinski definition) is 0. The highest BCUT2D eigenvalue weighted by molar-refractivity contribution is 6.32. The maximum absolute atomic E-state index is 6.48. The van der Waals surface area contributed by atoms with Crippen molar-refractivity contribution in [2.45, 2.75) is 0 Å². The number of furan rings is 1. The van der Waals surface area contributed by atoms with E-state index >= 15 is 0 Å². The second-order valence-corrected chi connectivity index (χ2v) is 15.7. The Balaban J connectivity index is 1.07. The molecule has 0 amide bonds. The minimum atomic E-state index is 0.865. The van der Waals surface area contributed by atoms with Gasteiger partial charge in [0.15, 0.2) is 0 Å². The van der Waals surface area contributed by atoms with Crippen molar-refractivity contribution in [2.75, 3.05) is 9.80 Å². The molecule has 0 aliphatic carbocycles. The van der Waals surface area contributed by atoms with Crippen molar-refractivity contribution in [1.29, 1.82) is 0 Å². The summed E-state index contributed by atoms with van der Waals surface area (Å²) in [6.07, 6.45) is 0. The molecule has 0 atom stereocenters. The number of rotatable bonds is 7. The second kappa shape index (κ2) is 14.3. The first-order valence-corrected chi connectivity index (χ1v) is 20.8. The number of hydrogen-bond acceptors (Lipinski definition) is 3. The minimum absolute atomic E-state index is 0.865. The smallest absolute Gasteiger partial charge is 0.137 e. The van der Waals surface area contributed by atoms with Gasteiger partial charge in [-0.05, 0) is 121 Å². The first-order valence-electron chi connectivity index (χ1n) is 20.8. The van der Waals surface area contributed by atoms with E-state index in [-0.39, 0.29) is 0 Å². The lowest BCUT2D eigenvalue weighted by Gasteiger charge is -2.28. The molecule has 1 aromatic heterocycles. The van der Waals surface area contributed by atoms with E-state index in [2.05, 4.69) is 228 Å². The van der Waals surface area contributed by atoms with Crippen molar-refractivity contribution < 1.29 is 4.42 Å². The highest BCUT2D eigenvalue weighted by Gasteiger charge is 2.21. The average molecular weight is 779 g/mol. The summed E-state index contributed by atoms with van der Waals surface area (Å²) in [4.78, 5) is 4.72. The van der Waals surface area contributed by atoms with Crippen LogP contribution in [0, 0.1) is 0 Å². The van der Waals surface area contributed by atoms with Crippen molar-refractivity contribution in [1.82, 2.24) is 0 Å². The van der Waals surface area contributed by atoms with E-state index in [1.807, 2.05) is 12.1 Å². The van der Waals surface area contributed by atoms with Gasteiger partial charge in [0.2, 0.25) is 0 Å². The fraction of sp³-hybridized carbons (Fsp3) is 0. The molecule has 0 saturated carbocycles. The van der Waals surface area contributed by atoms with E-state index in [0.29, 0.717) is 0 Å². The molecular weight excluding hydrogens is 741 g/mol. The number of fused-ring (bicyclic) bond motifs is 11. The number of para-hydroxylation sites is 4. The van der Waals surface area contributed by atoms with E-state index in [0.717, 1.165) is 67.2 Å². The van der Waals surface area contributed by atoms with Gasteiger partial charge in [0.1, 0.15) is 11.2 Å². The van der Waals surface area contributed by atoms with Crippen LogP contribution in [0.15, 0.2) is 235 Å². The van der Waals surface area contributed by atoms with Gasteiger partial charge in [-0.2, -0.15) is 0 Å². The van der Waals surface area contributed by atoms with Gasteiger partial charge in [-0.1, -0.05) is 152 Å². The maximum atomic E-state index is 6.48. The van der Waals surface area contributed by atoms with Gasteiger partial charge >= 0.3 is 0 Å². The van der Waals surface area contributed by atoms with Crippen LogP contribution in [0.25, 0.3) is 76.2 Å². The molecule has 0 aliphatic heterocycles. The molecule has 0 fully saturated rings. The summed E-state index contributed by atoms with van der Waals surface area (Å²) in [7, 11) is 0. The van der Waals surface area contributed by atoms with Crippen molar-refractivity contribution in [3.8, 4) is 11.1 Å². The van der Waals surface area contributed by atoms with Gasteiger partial charge in [0.25, 0.3) is 0 Å². The Morgan fingerprint density at radius 2 is 0.787 bits per heavy atom. The molecule has 1 heterocycles. The zero-order chi connectivity index (χ0) is 40.3. The van der Waals surface area contributed by atoms with Crippen molar-refractivity contribution in [2.24, 2.45) is 0 Å². The van der Waals surface area contributed by atoms with Gasteiger partial charge < -0.3 is 14.2 Å². The van der Waals surface area contributed by atoms with Crippen molar-refractivity contribution >= 4 is 99.2 Å². The lowest BCUT2D eigenvalue weighted by atomic mass is 9.90. The first kappa shape index (κ1) is 34.9. The normalized spacial score (nSPS) is 11.6. The molecular formula is C58H38N2O. The number of anilines is 6. The van der Waals surface area contributed by atoms with Crippen LogP contribution in [0.5, 0.6) is 0 Å². The molecule has 0 unspecified atom stereocenters. The van der Waals surface area contributed by atoms with Crippen molar-refractivity contribution in [3.05, 3.63) is 231 Å². The van der Waals surface area contributed by atoms with E-state index in [9.17, 15) is 0 Å². The Morgan fingerprint density at radius 1 is 0.279 bits per heavy atom. The van der Waals surface area contributed by atoms with E-state index in [4.69, 9.17) is 4.42 Å². The summed E-state index contributed by atoms with van der Waals surface area (Å²) in [6, 6.07) is 82.9. The molecule has 11 aromatic carbocycles. The molecule has 0 radical (unpaired) electrons. The molecule has 0 aliphatic rings. The summed E-state index contributed by atoms with van der Waals surface area (Å²) in [5.41, 5.74) is 10.6. The van der Waals surface area contributed by atoms with Crippen LogP contribution in [0.3, 0.4) is 0 Å². The molecule has 0 spiro atoms. The van der Waals surface area contributed by atoms with E-state index < -0.39 is 0 Å². The summed E-state index contributed by atoms with van der Waals surface area (Å²) in [6.45, 7) is 0. The molecule has 61 heavy (non-hydrogen) atoms. The van der Waals surface area contributed by atoms with Gasteiger partial charge in [-0.3, -0.25) is 0 Å². The average Bonchev–Trinajstić information content (AvgIpc) is 3.71. The second-order valence-electron chi connectivity index (χ2n) is 15.7. The molecule has 0 N–H and O–H groups in total. The molecule has 3 nitrogen and oxygen atoms in total. The zero-order valence-corrected chi connectivity index (χ0v) is 33.2. The van der Waals surface area contributed by atoms with Gasteiger partial charge in [0, 0.05) is 50.8 Å². The van der Waals surface area contributed by atoms with Crippen LogP contribution in [0.2, 0.25) is 0 Å². The molecule has 0 bridgehead atoms. The largest absolute Gasteiger partial charge is 0.456 e. The first-order chi connectivity index (χ1) is 30.3. The Kier molecular flexibility index (Phi) is 8.17. The van der Waals surface area contributed by atoms with Gasteiger partial charge in [-0.25, -0.2) is 0 Å². The van der Waals surface area contributed by atoms with E-state index in [1.165, 1.54) is 43.1 Å². The third kappa shape index (κ3) is 5.82. The van der Waals surface area contributed by atoms with Gasteiger partial charge in [0.05, 0.1) is 5.69 Å². The highest BCUT2D eigenvalue weighted by atomic mass is 16.3. The van der Waals surface area contributed by atoms with Crippen LogP contribution in [0.4, 0.5) is 34.1 Å². The summed E-state index contributed by atoms with van der Waals surface area (Å²) < 4.78 is 6.48. The molecule has 12 rings (SSSR count). The number of nitrogens with zero attached hydrogens (tertiary/aromatic N) is 2. The third-order valence-corrected chi connectivity index (χ3v) is 12.2. The van der Waals surface area contributed by atoms with Crippen LogP contribution in [0.1, 0.15) is 0 Å². The Bertz CT molecular complexity index is 3540. The monoisotopic (exact) mass is 778 g/mol. The fourth-order valence-electron chi connectivity index (χ4n) is 9.45. The van der Waals surface area contributed by atoms with Crippen LogP contribution < -0.4 is 9.80 Å². The summed E-state index contributed by atoms with van der Waals surface area (Å²) in [5.74, 6) is 0. The Labute approximate surface area is 353 Å². The van der Waals surface area contributed by atoms with Crippen LogP contribution in [-0.4, -0.2) is 0 Å². The topological polar surface area (TPSA) is 19.6 Å². The lowest BCUT2D eigenvalue weighted by molar-refractivity contribution is 0.669. The van der Waals surface area contributed by atoms with Crippen LogP contribution >= 0.6 is 0 Å². The highest BCUT2D eigenvalue weighted by Crippen LogP contribution is 2.46. The minimum Gasteiger partial charge on any atom is -0.456 e. The molecule has 0 saturated heterocycles. The fourth-order valence-corrected chi connectivity index (χ4v) is 9.45. The summed E-state index contributed by atoms with van der Waals surface area (Å²) >= 11 is 0. The third-order valence-electron chi connectivity index (χ3n) is 12.2. The quantitative estimate of drug-likeness (QED) is 0.150.